The van der Waals surface area contributed by atoms with Crippen LogP contribution < -0.4 is 0 Å². The molecule has 18 heavy (non-hydrogen) atoms. The van der Waals surface area contributed by atoms with Crippen molar-refractivity contribution in [2.45, 2.75) is 19.6 Å². The zero-order chi connectivity index (χ0) is 13.5. The number of ether oxygens (including phenoxy) is 1. The van der Waals surface area contributed by atoms with E-state index >= 15 is 0 Å². The van der Waals surface area contributed by atoms with Crippen LogP contribution in [0.15, 0.2) is 18.2 Å². The Hall–Kier alpha value is -1.61. The van der Waals surface area contributed by atoms with Crippen molar-refractivity contribution in [3.8, 4) is 11.8 Å². The summed E-state index contributed by atoms with van der Waals surface area (Å²) in [6, 6.07) is 7.00. The van der Waals surface area contributed by atoms with E-state index in [1.54, 1.807) is 19.1 Å². The van der Waals surface area contributed by atoms with Gasteiger partial charge in [-0.2, -0.15) is 5.26 Å². The van der Waals surface area contributed by atoms with E-state index in [2.05, 4.69) is 0 Å². The Balaban J connectivity index is 2.51. The van der Waals surface area contributed by atoms with Gasteiger partial charge in [-0.3, -0.25) is 0 Å². The van der Waals surface area contributed by atoms with Crippen molar-refractivity contribution in [2.75, 3.05) is 13.2 Å². The van der Waals surface area contributed by atoms with E-state index in [0.29, 0.717) is 0 Å². The highest BCUT2D eigenvalue weighted by atomic mass is 16.5. The summed E-state index contributed by atoms with van der Waals surface area (Å²) >= 11 is 0. The van der Waals surface area contributed by atoms with Gasteiger partial charge in [0.2, 0.25) is 0 Å². The number of aromatic hydroxyl groups is 1. The number of rotatable bonds is 6. The third-order valence-corrected chi connectivity index (χ3v) is 2.79. The van der Waals surface area contributed by atoms with Gasteiger partial charge in [0.05, 0.1) is 37.9 Å². The van der Waals surface area contributed by atoms with Crippen molar-refractivity contribution < 1.29 is 20.1 Å². The Labute approximate surface area is 106 Å². The largest absolute Gasteiger partial charge is 0.508 e. The average molecular weight is 251 g/mol. The summed E-state index contributed by atoms with van der Waals surface area (Å²) in [5.74, 6) is -0.559. The van der Waals surface area contributed by atoms with Gasteiger partial charge in [0.15, 0.2) is 0 Å². The molecule has 0 aliphatic rings. The quantitative estimate of drug-likeness (QED) is 0.692. The Kier molecular flexibility index (Phi) is 5.59. The number of phenols is 1. The van der Waals surface area contributed by atoms with Gasteiger partial charge in [0, 0.05) is 0 Å². The highest BCUT2D eigenvalue weighted by molar-refractivity contribution is 5.37. The van der Waals surface area contributed by atoms with Crippen molar-refractivity contribution in [2.24, 2.45) is 5.92 Å². The molecule has 0 bridgehead atoms. The lowest BCUT2D eigenvalue weighted by Crippen LogP contribution is -2.27. The number of aliphatic hydroxyl groups is 2. The third kappa shape index (κ3) is 3.70. The van der Waals surface area contributed by atoms with E-state index in [-0.39, 0.29) is 19.0 Å². The first-order valence-corrected chi connectivity index (χ1v) is 5.64. The second kappa shape index (κ2) is 6.97. The van der Waals surface area contributed by atoms with Gasteiger partial charge >= 0.3 is 0 Å². The lowest BCUT2D eigenvalue weighted by atomic mass is 10.1. The van der Waals surface area contributed by atoms with Gasteiger partial charge in [-0.05, 0) is 24.1 Å². The number of benzene rings is 1. The molecule has 0 aromatic heterocycles. The Morgan fingerprint density at radius 3 is 2.78 bits per heavy atom. The van der Waals surface area contributed by atoms with E-state index < -0.39 is 18.6 Å². The second-order valence-corrected chi connectivity index (χ2v) is 4.06. The number of hydrogen-bond acceptors (Lipinski definition) is 5. The van der Waals surface area contributed by atoms with Crippen LogP contribution in [0.5, 0.6) is 5.75 Å². The number of aliphatic hydroxyl groups excluding tert-OH is 2. The number of hydrogen-bond donors (Lipinski definition) is 3. The molecular weight excluding hydrogens is 234 g/mol. The maximum Gasteiger partial charge on any atom is 0.118 e. The summed E-state index contributed by atoms with van der Waals surface area (Å²) in [5.41, 5.74) is 1.55. The molecule has 0 amide bonds. The van der Waals surface area contributed by atoms with Crippen molar-refractivity contribution in [1.82, 2.24) is 0 Å². The molecule has 0 aliphatic carbocycles. The van der Waals surface area contributed by atoms with E-state index in [4.69, 9.17) is 15.1 Å². The minimum Gasteiger partial charge on any atom is -0.508 e. The summed E-state index contributed by atoms with van der Waals surface area (Å²) in [6.45, 7) is 1.59. The molecule has 0 heterocycles. The molecule has 0 spiro atoms. The molecule has 3 N–H and O–H groups in total. The molecule has 0 saturated carbocycles. The van der Waals surface area contributed by atoms with Crippen molar-refractivity contribution in [1.29, 1.82) is 5.26 Å². The predicted molar refractivity (Wildman–Crippen MR) is 64.7 cm³/mol. The first-order chi connectivity index (χ1) is 8.60. The SMILES string of the molecule is Cc1c(O)cccc1COCC(C#N)C(O)CO. The molecule has 1 aromatic carbocycles. The zero-order valence-electron chi connectivity index (χ0n) is 10.2. The fourth-order valence-corrected chi connectivity index (χ4v) is 1.48. The summed E-state index contributed by atoms with van der Waals surface area (Å²) in [6.07, 6.45) is -1.10. The highest BCUT2D eigenvalue weighted by Crippen LogP contribution is 2.20. The predicted octanol–water partition coefficient (Wildman–Crippen LogP) is 0.710. The van der Waals surface area contributed by atoms with Gasteiger partial charge in [-0.25, -0.2) is 0 Å². The fourth-order valence-electron chi connectivity index (χ4n) is 1.48. The summed E-state index contributed by atoms with van der Waals surface area (Å²) < 4.78 is 5.33. The molecular formula is C13H17NO4. The van der Waals surface area contributed by atoms with Crippen LogP contribution in [0, 0.1) is 24.2 Å². The van der Waals surface area contributed by atoms with Crippen molar-refractivity contribution in [3.63, 3.8) is 0 Å². The van der Waals surface area contributed by atoms with Gasteiger partial charge in [-0.1, -0.05) is 12.1 Å². The highest BCUT2D eigenvalue weighted by Gasteiger charge is 2.18. The number of nitriles is 1. The monoisotopic (exact) mass is 251 g/mol. The Morgan fingerprint density at radius 1 is 1.44 bits per heavy atom. The molecule has 0 saturated heterocycles. The first kappa shape index (κ1) is 14.5. The zero-order valence-corrected chi connectivity index (χ0v) is 10.2. The Morgan fingerprint density at radius 2 is 2.17 bits per heavy atom. The second-order valence-electron chi connectivity index (χ2n) is 4.06. The summed E-state index contributed by atoms with van der Waals surface area (Å²) in [7, 11) is 0. The van der Waals surface area contributed by atoms with Crippen LogP contribution in [-0.2, 0) is 11.3 Å². The summed E-state index contributed by atoms with van der Waals surface area (Å²) in [4.78, 5) is 0. The van der Waals surface area contributed by atoms with Crippen molar-refractivity contribution in [3.05, 3.63) is 29.3 Å². The van der Waals surface area contributed by atoms with Gasteiger partial charge in [-0.15, -0.1) is 0 Å². The number of phenolic OH excluding ortho intramolecular Hbond substituents is 1. The van der Waals surface area contributed by atoms with E-state index in [1.807, 2.05) is 12.1 Å². The fraction of sp³-hybridized carbons (Fsp3) is 0.462. The first-order valence-electron chi connectivity index (χ1n) is 5.64. The molecule has 1 aromatic rings. The van der Waals surface area contributed by atoms with Crippen LogP contribution in [-0.4, -0.2) is 34.6 Å². The van der Waals surface area contributed by atoms with Crippen LogP contribution >= 0.6 is 0 Å². The molecule has 2 unspecified atom stereocenters. The Bertz CT molecular complexity index is 427. The smallest absolute Gasteiger partial charge is 0.118 e. The van der Waals surface area contributed by atoms with Gasteiger partial charge in [0.25, 0.3) is 0 Å². The molecule has 0 fully saturated rings. The third-order valence-electron chi connectivity index (χ3n) is 2.79. The van der Waals surface area contributed by atoms with Crippen LogP contribution in [0.1, 0.15) is 11.1 Å². The molecule has 1 rings (SSSR count). The van der Waals surface area contributed by atoms with Crippen molar-refractivity contribution >= 4 is 0 Å². The lowest BCUT2D eigenvalue weighted by molar-refractivity contribution is 0.0150. The topological polar surface area (TPSA) is 93.7 Å². The number of nitrogens with zero attached hydrogens (tertiary/aromatic N) is 1. The van der Waals surface area contributed by atoms with Gasteiger partial charge < -0.3 is 20.1 Å². The van der Waals surface area contributed by atoms with Crippen LogP contribution in [0.3, 0.4) is 0 Å². The molecule has 0 aliphatic heterocycles. The van der Waals surface area contributed by atoms with Gasteiger partial charge in [0.1, 0.15) is 5.75 Å². The summed E-state index contributed by atoms with van der Waals surface area (Å²) in [5, 5.41) is 36.3. The van der Waals surface area contributed by atoms with E-state index in [0.717, 1.165) is 11.1 Å². The lowest BCUT2D eigenvalue weighted by Gasteiger charge is -2.15. The molecule has 5 nitrogen and oxygen atoms in total. The minimum atomic E-state index is -1.10. The molecule has 0 radical (unpaired) electrons. The molecule has 2 atom stereocenters. The maximum atomic E-state index is 9.50. The van der Waals surface area contributed by atoms with E-state index in [9.17, 15) is 10.2 Å². The average Bonchev–Trinajstić information content (AvgIpc) is 2.38. The normalized spacial score (nSPS) is 13.9. The van der Waals surface area contributed by atoms with E-state index in [1.165, 1.54) is 0 Å². The molecule has 98 valence electrons. The standard InChI is InChI=1S/C13H17NO4/c1-9-10(3-2-4-12(9)16)7-18-8-11(5-14)13(17)6-15/h2-4,11,13,15-17H,6-8H2,1H3. The van der Waals surface area contributed by atoms with Crippen LogP contribution in [0.25, 0.3) is 0 Å². The minimum absolute atomic E-state index is 0.0350. The van der Waals surface area contributed by atoms with Crippen LogP contribution in [0.2, 0.25) is 0 Å². The maximum absolute atomic E-state index is 9.50. The molecule has 5 heteroatoms. The van der Waals surface area contributed by atoms with Crippen LogP contribution in [0.4, 0.5) is 0 Å².